The first-order chi connectivity index (χ1) is 11.8. The van der Waals surface area contributed by atoms with Crippen LogP contribution in [0.25, 0.3) is 0 Å². The highest BCUT2D eigenvalue weighted by atomic mass is 32.2. The van der Waals surface area contributed by atoms with Crippen molar-refractivity contribution in [2.45, 2.75) is 63.8 Å². The second-order valence-corrected chi connectivity index (χ2v) is 8.60. The number of nitrogens with zero attached hydrogens (tertiary/aromatic N) is 1. The monoisotopic (exact) mass is 369 g/mol. The number of hydrogen-bond donors (Lipinski definition) is 0. The predicted octanol–water partition coefficient (Wildman–Crippen LogP) is 3.68. The van der Waals surface area contributed by atoms with Gasteiger partial charge in [-0.3, -0.25) is 4.79 Å². The van der Waals surface area contributed by atoms with E-state index < -0.39 is 9.84 Å². The summed E-state index contributed by atoms with van der Waals surface area (Å²) in [4.78, 5) is 14.6. The minimum Gasteiger partial charge on any atom is -0.494 e. The molecular weight excluding hydrogens is 338 g/mol. The molecule has 0 unspecified atom stereocenters. The van der Waals surface area contributed by atoms with Crippen molar-refractivity contribution in [1.29, 1.82) is 0 Å². The molecule has 6 heteroatoms. The van der Waals surface area contributed by atoms with Gasteiger partial charge in [-0.1, -0.05) is 19.8 Å². The lowest BCUT2D eigenvalue weighted by Crippen LogP contribution is -2.37. The Bertz CT molecular complexity index is 623. The van der Waals surface area contributed by atoms with Gasteiger partial charge in [0, 0.05) is 25.3 Å². The molecule has 1 aromatic carbocycles. The normalized spacial score (nSPS) is 11.6. The van der Waals surface area contributed by atoms with Crippen LogP contribution in [0.1, 0.15) is 52.9 Å². The van der Waals surface area contributed by atoms with E-state index in [4.69, 9.17) is 4.74 Å². The third-order valence-corrected chi connectivity index (χ3v) is 5.13. The molecule has 1 aromatic rings. The van der Waals surface area contributed by atoms with Crippen LogP contribution in [0.4, 0.5) is 0 Å². The average Bonchev–Trinajstić information content (AvgIpc) is 2.54. The van der Waals surface area contributed by atoms with Crippen molar-refractivity contribution >= 4 is 15.7 Å². The summed E-state index contributed by atoms with van der Waals surface area (Å²) in [5, 5.41) is 0. The Balaban J connectivity index is 2.39. The summed E-state index contributed by atoms with van der Waals surface area (Å²) in [6, 6.07) is 6.56. The van der Waals surface area contributed by atoms with Gasteiger partial charge in [0.1, 0.15) is 5.75 Å². The number of sulfone groups is 1. The van der Waals surface area contributed by atoms with E-state index >= 15 is 0 Å². The van der Waals surface area contributed by atoms with E-state index in [0.29, 0.717) is 25.2 Å². The summed E-state index contributed by atoms with van der Waals surface area (Å²) >= 11 is 0. The number of carbonyl (C=O) groups excluding carboxylic acids is 1. The van der Waals surface area contributed by atoms with Crippen molar-refractivity contribution in [2.75, 3.05) is 19.4 Å². The maximum absolute atomic E-state index is 12.3. The average molecular weight is 370 g/mol. The van der Waals surface area contributed by atoms with Crippen molar-refractivity contribution in [3.8, 4) is 5.75 Å². The number of amides is 1. The fourth-order valence-corrected chi connectivity index (χ4v) is 3.17. The maximum Gasteiger partial charge on any atom is 0.222 e. The zero-order valence-corrected chi connectivity index (χ0v) is 16.6. The molecule has 0 aliphatic rings. The number of rotatable bonds is 11. The Hall–Kier alpha value is -1.56. The SMILES string of the molecule is CCCCCN(C(=O)CCCOc1ccc(S(C)(=O)=O)cc1)C(C)C. The molecule has 0 aliphatic heterocycles. The first-order valence-corrected chi connectivity index (χ1v) is 10.9. The minimum absolute atomic E-state index is 0.169. The largest absolute Gasteiger partial charge is 0.494 e. The van der Waals surface area contributed by atoms with E-state index in [9.17, 15) is 13.2 Å². The summed E-state index contributed by atoms with van der Waals surface area (Å²) in [5.74, 6) is 0.783. The van der Waals surface area contributed by atoms with Gasteiger partial charge in [0.25, 0.3) is 0 Å². The van der Waals surface area contributed by atoms with Crippen LogP contribution in [-0.2, 0) is 14.6 Å². The minimum atomic E-state index is -3.19. The molecule has 0 saturated carbocycles. The van der Waals surface area contributed by atoms with Gasteiger partial charge >= 0.3 is 0 Å². The Morgan fingerprint density at radius 2 is 1.76 bits per heavy atom. The van der Waals surface area contributed by atoms with Gasteiger partial charge in [-0.15, -0.1) is 0 Å². The van der Waals surface area contributed by atoms with E-state index in [1.165, 1.54) is 18.4 Å². The molecule has 25 heavy (non-hydrogen) atoms. The summed E-state index contributed by atoms with van der Waals surface area (Å²) in [7, 11) is -3.19. The van der Waals surface area contributed by atoms with Crippen LogP contribution in [0.15, 0.2) is 29.2 Å². The van der Waals surface area contributed by atoms with Crippen molar-refractivity contribution < 1.29 is 17.9 Å². The molecule has 1 amide bonds. The molecule has 0 fully saturated rings. The third-order valence-electron chi connectivity index (χ3n) is 4.00. The Kier molecular flexibility index (Phi) is 8.97. The fraction of sp³-hybridized carbons (Fsp3) is 0.632. The first kappa shape index (κ1) is 21.5. The molecule has 0 bridgehead atoms. The molecule has 5 nitrogen and oxygen atoms in total. The molecule has 0 atom stereocenters. The van der Waals surface area contributed by atoms with Gasteiger partial charge in [-0.05, 0) is 51.0 Å². The van der Waals surface area contributed by atoms with Crippen molar-refractivity contribution in [1.82, 2.24) is 4.90 Å². The van der Waals surface area contributed by atoms with E-state index in [1.807, 2.05) is 18.7 Å². The number of benzene rings is 1. The van der Waals surface area contributed by atoms with Crippen LogP contribution in [0, 0.1) is 0 Å². The molecular formula is C19H31NO4S. The first-order valence-electron chi connectivity index (χ1n) is 8.98. The van der Waals surface area contributed by atoms with E-state index in [2.05, 4.69) is 6.92 Å². The zero-order chi connectivity index (χ0) is 18.9. The molecule has 0 aromatic heterocycles. The Labute approximate surface area is 152 Å². The lowest BCUT2D eigenvalue weighted by Gasteiger charge is -2.27. The van der Waals surface area contributed by atoms with Crippen LogP contribution in [0.2, 0.25) is 0 Å². The van der Waals surface area contributed by atoms with Crippen molar-refractivity contribution in [3.05, 3.63) is 24.3 Å². The predicted molar refractivity (Wildman–Crippen MR) is 101 cm³/mol. The van der Waals surface area contributed by atoms with Gasteiger partial charge in [-0.2, -0.15) is 0 Å². The van der Waals surface area contributed by atoms with Gasteiger partial charge in [0.2, 0.25) is 5.91 Å². The van der Waals surface area contributed by atoms with Gasteiger partial charge < -0.3 is 9.64 Å². The molecule has 0 saturated heterocycles. The quantitative estimate of drug-likeness (QED) is 0.558. The highest BCUT2D eigenvalue weighted by Crippen LogP contribution is 2.16. The highest BCUT2D eigenvalue weighted by molar-refractivity contribution is 7.90. The van der Waals surface area contributed by atoms with Crippen LogP contribution < -0.4 is 4.74 Å². The molecule has 0 aliphatic carbocycles. The summed E-state index contributed by atoms with van der Waals surface area (Å²) in [5.41, 5.74) is 0. The van der Waals surface area contributed by atoms with Crippen LogP contribution in [-0.4, -0.2) is 44.7 Å². The Morgan fingerprint density at radius 1 is 1.12 bits per heavy atom. The second kappa shape index (κ2) is 10.4. The van der Waals surface area contributed by atoms with Gasteiger partial charge in [0.05, 0.1) is 11.5 Å². The van der Waals surface area contributed by atoms with Crippen LogP contribution in [0.3, 0.4) is 0 Å². The zero-order valence-electron chi connectivity index (χ0n) is 15.8. The van der Waals surface area contributed by atoms with Gasteiger partial charge in [0.15, 0.2) is 9.84 Å². The second-order valence-electron chi connectivity index (χ2n) is 6.58. The van der Waals surface area contributed by atoms with Crippen LogP contribution >= 0.6 is 0 Å². The highest BCUT2D eigenvalue weighted by Gasteiger charge is 2.15. The molecule has 0 radical (unpaired) electrons. The standard InChI is InChI=1S/C19H31NO4S/c1-5-6-7-14-20(16(2)3)19(21)9-8-15-24-17-10-12-18(13-11-17)25(4,22)23/h10-13,16H,5-9,14-15H2,1-4H3. The summed E-state index contributed by atoms with van der Waals surface area (Å²) < 4.78 is 28.4. The molecule has 0 spiro atoms. The number of carbonyl (C=O) groups is 1. The number of ether oxygens (including phenoxy) is 1. The lowest BCUT2D eigenvalue weighted by atomic mass is 10.2. The molecule has 142 valence electrons. The smallest absolute Gasteiger partial charge is 0.222 e. The summed E-state index contributed by atoms with van der Waals surface area (Å²) in [6.07, 6.45) is 5.61. The van der Waals surface area contributed by atoms with Gasteiger partial charge in [-0.25, -0.2) is 8.42 Å². The molecule has 0 N–H and O–H groups in total. The maximum atomic E-state index is 12.3. The third kappa shape index (κ3) is 7.90. The summed E-state index contributed by atoms with van der Waals surface area (Å²) in [6.45, 7) is 7.50. The number of unbranched alkanes of at least 4 members (excludes halogenated alkanes) is 2. The topological polar surface area (TPSA) is 63.7 Å². The van der Waals surface area contributed by atoms with E-state index in [1.54, 1.807) is 12.1 Å². The van der Waals surface area contributed by atoms with E-state index in [-0.39, 0.29) is 16.8 Å². The van der Waals surface area contributed by atoms with Crippen molar-refractivity contribution in [3.63, 3.8) is 0 Å². The number of hydrogen-bond acceptors (Lipinski definition) is 4. The lowest BCUT2D eigenvalue weighted by molar-refractivity contribution is -0.133. The van der Waals surface area contributed by atoms with E-state index in [0.717, 1.165) is 25.8 Å². The molecule has 0 heterocycles. The van der Waals surface area contributed by atoms with Crippen molar-refractivity contribution in [2.24, 2.45) is 0 Å². The van der Waals surface area contributed by atoms with Crippen LogP contribution in [0.5, 0.6) is 5.75 Å². The Morgan fingerprint density at radius 3 is 2.28 bits per heavy atom. The molecule has 1 rings (SSSR count). The fourth-order valence-electron chi connectivity index (χ4n) is 2.54.